The lowest BCUT2D eigenvalue weighted by Gasteiger charge is -2.32. The molecule has 0 radical (unpaired) electrons. The molecule has 0 saturated carbocycles. The maximum absolute atomic E-state index is 12.6. The van der Waals surface area contributed by atoms with Gasteiger partial charge in [0.05, 0.1) is 0 Å². The third-order valence-electron chi connectivity index (χ3n) is 4.63. The van der Waals surface area contributed by atoms with Gasteiger partial charge in [-0.3, -0.25) is 9.69 Å². The summed E-state index contributed by atoms with van der Waals surface area (Å²) in [5.41, 5.74) is 2.11. The third kappa shape index (κ3) is 3.65. The number of hydrogen-bond acceptors (Lipinski definition) is 4. The van der Waals surface area contributed by atoms with Gasteiger partial charge in [-0.15, -0.1) is 0 Å². The van der Waals surface area contributed by atoms with Gasteiger partial charge in [0.25, 0.3) is 5.91 Å². The first-order valence-corrected chi connectivity index (χ1v) is 9.49. The van der Waals surface area contributed by atoms with Crippen LogP contribution in [0.25, 0.3) is 0 Å². The number of likely N-dealkylation sites (tertiary alicyclic amines) is 1. The van der Waals surface area contributed by atoms with Crippen molar-refractivity contribution in [3.63, 3.8) is 0 Å². The van der Waals surface area contributed by atoms with Gasteiger partial charge in [0, 0.05) is 56.6 Å². The molecule has 22 heavy (non-hydrogen) atoms. The topological polar surface area (TPSA) is 35.6 Å². The number of amides is 1. The highest BCUT2D eigenvalue weighted by atomic mass is 32.2. The minimum Gasteiger partial charge on any atom is -0.337 e. The molecule has 1 aromatic carbocycles. The summed E-state index contributed by atoms with van der Waals surface area (Å²) < 4.78 is 0. The smallest absolute Gasteiger partial charge is 0.253 e. The minimum absolute atomic E-state index is 0.188. The monoisotopic (exact) mass is 319 g/mol. The van der Waals surface area contributed by atoms with Gasteiger partial charge in [0.15, 0.2) is 0 Å². The van der Waals surface area contributed by atoms with Crippen LogP contribution in [-0.4, -0.2) is 67.3 Å². The van der Waals surface area contributed by atoms with Gasteiger partial charge in [0.2, 0.25) is 0 Å². The highest BCUT2D eigenvalue weighted by molar-refractivity contribution is 7.97. The zero-order valence-electron chi connectivity index (χ0n) is 13.3. The molecule has 5 heteroatoms. The summed E-state index contributed by atoms with van der Waals surface area (Å²) in [6, 6.07) is 8.65. The second-order valence-corrected chi connectivity index (χ2v) is 6.98. The predicted molar refractivity (Wildman–Crippen MR) is 92.4 cm³/mol. The van der Waals surface area contributed by atoms with Gasteiger partial charge in [-0.25, -0.2) is 0 Å². The zero-order valence-corrected chi connectivity index (χ0v) is 14.1. The van der Waals surface area contributed by atoms with Crippen molar-refractivity contribution in [2.45, 2.75) is 18.2 Å². The van der Waals surface area contributed by atoms with Crippen LogP contribution in [0.15, 0.2) is 24.3 Å². The van der Waals surface area contributed by atoms with E-state index >= 15 is 0 Å². The highest BCUT2D eigenvalue weighted by Gasteiger charge is 2.31. The molecule has 3 rings (SSSR count). The largest absolute Gasteiger partial charge is 0.337 e. The van der Waals surface area contributed by atoms with Crippen LogP contribution in [0.2, 0.25) is 0 Å². The van der Waals surface area contributed by atoms with Crippen LogP contribution in [0, 0.1) is 0 Å². The lowest BCUT2D eigenvalue weighted by atomic mass is 10.1. The first-order valence-electron chi connectivity index (χ1n) is 8.10. The summed E-state index contributed by atoms with van der Waals surface area (Å²) in [4.78, 5) is 17.2. The van der Waals surface area contributed by atoms with E-state index in [-0.39, 0.29) is 5.91 Å². The standard InChI is InChI=1S/C17H25N3OS/c1-22-13-14-2-4-15(5-3-14)17(21)20-9-6-16(12-20)19-10-7-18-8-11-19/h2-5,16,18H,6-13H2,1H3. The summed E-state index contributed by atoms with van der Waals surface area (Å²) in [6.45, 7) is 6.13. The molecule has 2 aliphatic heterocycles. The lowest BCUT2D eigenvalue weighted by Crippen LogP contribution is -2.49. The van der Waals surface area contributed by atoms with Crippen molar-refractivity contribution < 1.29 is 4.79 Å². The summed E-state index contributed by atoms with van der Waals surface area (Å²) in [7, 11) is 0. The molecule has 2 aliphatic rings. The normalized spacial score (nSPS) is 23.0. The fourth-order valence-corrected chi connectivity index (χ4v) is 3.89. The molecule has 1 atom stereocenters. The maximum atomic E-state index is 12.6. The van der Waals surface area contributed by atoms with Crippen molar-refractivity contribution >= 4 is 17.7 Å². The lowest BCUT2D eigenvalue weighted by molar-refractivity contribution is 0.0773. The number of piperazine rings is 1. The Morgan fingerprint density at radius 2 is 1.95 bits per heavy atom. The molecule has 0 bridgehead atoms. The first kappa shape index (κ1) is 15.8. The molecule has 120 valence electrons. The van der Waals surface area contributed by atoms with Crippen LogP contribution in [0.1, 0.15) is 22.3 Å². The molecule has 1 N–H and O–H groups in total. The molecule has 1 amide bonds. The van der Waals surface area contributed by atoms with E-state index in [1.54, 1.807) is 11.8 Å². The van der Waals surface area contributed by atoms with Gasteiger partial charge >= 0.3 is 0 Å². The summed E-state index contributed by atoms with van der Waals surface area (Å²) in [5, 5.41) is 3.39. The zero-order chi connectivity index (χ0) is 15.4. The van der Waals surface area contributed by atoms with Crippen molar-refractivity contribution in [3.8, 4) is 0 Å². The van der Waals surface area contributed by atoms with E-state index in [0.717, 1.165) is 57.0 Å². The molecule has 0 spiro atoms. The number of carbonyl (C=O) groups is 1. The highest BCUT2D eigenvalue weighted by Crippen LogP contribution is 2.19. The van der Waals surface area contributed by atoms with E-state index in [1.807, 2.05) is 17.0 Å². The fourth-order valence-electron chi connectivity index (χ4n) is 3.36. The van der Waals surface area contributed by atoms with Crippen LogP contribution in [-0.2, 0) is 5.75 Å². The van der Waals surface area contributed by atoms with Crippen molar-refractivity contribution in [2.24, 2.45) is 0 Å². The molecule has 2 saturated heterocycles. The Labute approximate surface area is 137 Å². The van der Waals surface area contributed by atoms with Gasteiger partial charge in [-0.05, 0) is 30.4 Å². The molecule has 4 nitrogen and oxygen atoms in total. The predicted octanol–water partition coefficient (Wildman–Crippen LogP) is 1.67. The maximum Gasteiger partial charge on any atom is 0.253 e. The number of hydrogen-bond donors (Lipinski definition) is 1. The molecule has 2 fully saturated rings. The number of carbonyl (C=O) groups excluding carboxylic acids is 1. The van der Waals surface area contributed by atoms with Gasteiger partial charge in [-0.2, -0.15) is 11.8 Å². The molecule has 0 aliphatic carbocycles. The van der Waals surface area contributed by atoms with E-state index in [1.165, 1.54) is 5.56 Å². The molecule has 2 heterocycles. The Morgan fingerprint density at radius 3 is 2.64 bits per heavy atom. The fraction of sp³-hybridized carbons (Fsp3) is 0.588. The Morgan fingerprint density at radius 1 is 1.23 bits per heavy atom. The number of thioether (sulfide) groups is 1. The van der Waals surface area contributed by atoms with E-state index < -0.39 is 0 Å². The molecule has 0 aromatic heterocycles. The van der Waals surface area contributed by atoms with Crippen LogP contribution < -0.4 is 5.32 Å². The van der Waals surface area contributed by atoms with E-state index in [2.05, 4.69) is 28.6 Å². The average Bonchev–Trinajstić information content (AvgIpc) is 3.06. The van der Waals surface area contributed by atoms with Gasteiger partial charge in [-0.1, -0.05) is 12.1 Å². The molecule has 1 aromatic rings. The Bertz CT molecular complexity index is 499. The van der Waals surface area contributed by atoms with Gasteiger partial charge < -0.3 is 10.2 Å². The quantitative estimate of drug-likeness (QED) is 0.916. The van der Waals surface area contributed by atoms with Crippen LogP contribution in [0.4, 0.5) is 0 Å². The van der Waals surface area contributed by atoms with Crippen molar-refractivity contribution in [1.82, 2.24) is 15.1 Å². The van der Waals surface area contributed by atoms with E-state index in [4.69, 9.17) is 0 Å². The van der Waals surface area contributed by atoms with Crippen LogP contribution in [0.3, 0.4) is 0 Å². The van der Waals surface area contributed by atoms with Crippen LogP contribution in [0.5, 0.6) is 0 Å². The summed E-state index contributed by atoms with van der Waals surface area (Å²) >= 11 is 1.80. The summed E-state index contributed by atoms with van der Waals surface area (Å²) in [6.07, 6.45) is 3.20. The van der Waals surface area contributed by atoms with E-state index in [0.29, 0.717) is 6.04 Å². The van der Waals surface area contributed by atoms with Crippen molar-refractivity contribution in [2.75, 3.05) is 45.5 Å². The number of nitrogens with one attached hydrogen (secondary N) is 1. The number of benzene rings is 1. The second kappa shape index (κ2) is 7.49. The minimum atomic E-state index is 0.188. The number of nitrogens with zero attached hydrogens (tertiary/aromatic N) is 2. The van der Waals surface area contributed by atoms with Crippen molar-refractivity contribution in [1.29, 1.82) is 0 Å². The Kier molecular flexibility index (Phi) is 5.39. The SMILES string of the molecule is CSCc1ccc(C(=O)N2CCC(N3CCNCC3)C2)cc1. The average molecular weight is 319 g/mol. The van der Waals surface area contributed by atoms with Crippen molar-refractivity contribution in [3.05, 3.63) is 35.4 Å². The Hall–Kier alpha value is -1.04. The third-order valence-corrected chi connectivity index (χ3v) is 5.25. The Balaban J connectivity index is 1.58. The van der Waals surface area contributed by atoms with Gasteiger partial charge in [0.1, 0.15) is 0 Å². The first-order chi connectivity index (χ1) is 10.8. The molecule has 1 unspecified atom stereocenters. The second-order valence-electron chi connectivity index (χ2n) is 6.11. The summed E-state index contributed by atoms with van der Waals surface area (Å²) in [5.74, 6) is 1.19. The van der Waals surface area contributed by atoms with E-state index in [9.17, 15) is 4.79 Å². The van der Waals surface area contributed by atoms with Crippen LogP contribution >= 0.6 is 11.8 Å². The molecular formula is C17H25N3OS. The number of rotatable bonds is 4. The molecular weight excluding hydrogens is 294 g/mol.